The van der Waals surface area contributed by atoms with Gasteiger partial charge in [0.25, 0.3) is 41.4 Å². The molecule has 0 aromatic rings. The van der Waals surface area contributed by atoms with Gasteiger partial charge in [-0.05, 0) is 78.5 Å². The lowest BCUT2D eigenvalue weighted by atomic mass is 10.1. The monoisotopic (exact) mass is 1300 g/mol. The molecule has 0 aromatic heterocycles. The molecular weight excluding hydrogens is 1210 g/mol. The van der Waals surface area contributed by atoms with E-state index in [-0.39, 0.29) is 53.6 Å². The third kappa shape index (κ3) is 20.7. The number of carbonyl (C=O) groups excluding carboxylic acids is 7. The second-order valence-corrected chi connectivity index (χ2v) is 24.3. The number of hydrogen-bond donors (Lipinski definition) is 9. The summed E-state index contributed by atoms with van der Waals surface area (Å²) >= 11 is 3.43. The first-order chi connectivity index (χ1) is 43.9. The summed E-state index contributed by atoms with van der Waals surface area (Å²) in [6.07, 6.45) is 16.2. The lowest BCUT2D eigenvalue weighted by Gasteiger charge is -2.24. The maximum absolute atomic E-state index is 11.5. The van der Waals surface area contributed by atoms with Gasteiger partial charge in [-0.25, -0.2) is 0 Å². The molecule has 490 valence electrons. The Morgan fingerprint density at radius 2 is 0.890 bits per heavy atom. The molecule has 25 nitrogen and oxygen atoms in total. The van der Waals surface area contributed by atoms with Gasteiger partial charge in [0.05, 0.1) is 65.7 Å². The first-order valence-corrected chi connectivity index (χ1v) is 31.9. The number of allylic oxidation sites excluding steroid dienone is 2. The Hall–Kier alpha value is -7.57. The van der Waals surface area contributed by atoms with Gasteiger partial charge in [0.2, 0.25) is 0 Å². The highest BCUT2D eigenvalue weighted by Crippen LogP contribution is 2.31. The molecule has 7 fully saturated rings. The minimum Gasteiger partial charge on any atom is -0.501 e. The van der Waals surface area contributed by atoms with E-state index in [2.05, 4.69) is 106 Å². The summed E-state index contributed by atoms with van der Waals surface area (Å²) in [5.41, 5.74) is 9.58. The molecule has 0 radical (unpaired) electrons. The van der Waals surface area contributed by atoms with Crippen molar-refractivity contribution in [1.82, 2.24) is 47.9 Å². The van der Waals surface area contributed by atoms with Crippen LogP contribution in [0, 0.1) is 0 Å². The van der Waals surface area contributed by atoms with Gasteiger partial charge >= 0.3 is 0 Å². The summed E-state index contributed by atoms with van der Waals surface area (Å²) < 4.78 is 47.8. The van der Waals surface area contributed by atoms with E-state index >= 15 is 0 Å². The molecule has 14 rings (SSSR count). The van der Waals surface area contributed by atoms with Gasteiger partial charge in [-0.15, -0.1) is 23.5 Å². The van der Waals surface area contributed by atoms with E-state index in [0.29, 0.717) is 105 Å². The number of nitrogens with one attached hydrogen (secondary N) is 9. The van der Waals surface area contributed by atoms with Crippen LogP contribution in [0.3, 0.4) is 0 Å². The van der Waals surface area contributed by atoms with Crippen molar-refractivity contribution >= 4 is 64.9 Å². The topological polar surface area (TPSA) is 311 Å². The van der Waals surface area contributed by atoms with Crippen LogP contribution < -0.4 is 47.9 Å². The standard InChI is InChI=1S/C10H13NO2.2C9H12N2O2.2C9H11NO3.2C9H11NO2S/c1-7-6-13-9(10(12)11-7)8-4-2-3-5-8;2*1-6-5-13-8(9(12)11-6)7-2-3-10-4-7;1-6-4-13-8(9(11)10-6)7-2-3-12-5-7;1-6-5-13-8(9(11)10-6)7-3-2-4-12-7;1-6-4-12-8(9(11)10-6)7-2-3-13-5-7;1-6-5-12-8(9(11)10-6)7-3-2-4-13-7/h4,9H,1-3,5-6H2,(H,11,12);4,8,10H,1-3,5H2,(H,11,12);2,8,10H,1,3-5H2,(H,11,12);5,8H,1-4H2,(H,10,11);3,8H,1-2,4-5H2,(H,10,11);5,8H,1-4H2,(H,10,11);3,8H,1-2,4-5H2,(H,10,11). The number of ether oxygens (including phenoxy) is 9. The van der Waals surface area contributed by atoms with Crippen molar-refractivity contribution in [3.05, 3.63) is 167 Å². The van der Waals surface area contributed by atoms with Crippen molar-refractivity contribution in [3.8, 4) is 0 Å². The Bertz CT molecular complexity index is 2560. The SMILES string of the molecule is C=C1COC(C2=CCCC2)C(=O)N1.C=C1COC(C2=CCCO2)C(=O)N1.C=C1COC(C2=CCCS2)C(=O)N1.C=C1COC(C2=CCNC2)C(=O)N1.C=C1COC(C2=CNCC2)C(=O)N1.C=C1COC(C2=COCC2)C(=O)N1.C=C1COC(C2=CSCC2)C(=O)N1. The van der Waals surface area contributed by atoms with E-state index in [9.17, 15) is 33.6 Å². The summed E-state index contributed by atoms with van der Waals surface area (Å²) in [6, 6.07) is 0. The Kier molecular flexibility index (Phi) is 26.5. The van der Waals surface area contributed by atoms with Crippen LogP contribution >= 0.6 is 23.5 Å². The molecule has 13 heterocycles. The lowest BCUT2D eigenvalue weighted by molar-refractivity contribution is -0.135. The number of thioether (sulfide) groups is 2. The Morgan fingerprint density at radius 3 is 1.26 bits per heavy atom. The first kappa shape index (κ1) is 69.3. The molecule has 27 heteroatoms. The average Bonchev–Trinajstić information content (AvgIpc) is 2.71. The van der Waals surface area contributed by atoms with Gasteiger partial charge in [0.1, 0.15) is 5.76 Å². The largest absolute Gasteiger partial charge is 0.501 e. The van der Waals surface area contributed by atoms with Crippen LogP contribution in [0.5, 0.6) is 0 Å². The molecular formula is C64H81N9O16S2. The zero-order valence-electron chi connectivity index (χ0n) is 50.9. The highest BCUT2D eigenvalue weighted by molar-refractivity contribution is 8.03. The molecule has 7 saturated heterocycles. The first-order valence-electron chi connectivity index (χ1n) is 29.9. The maximum atomic E-state index is 11.5. The molecule has 14 aliphatic rings. The number of hydrogen-bond acceptors (Lipinski definition) is 20. The number of carbonyl (C=O) groups is 7. The highest BCUT2D eigenvalue weighted by Gasteiger charge is 2.35. The third-order valence-electron chi connectivity index (χ3n) is 14.6. The zero-order valence-corrected chi connectivity index (χ0v) is 52.6. The number of amides is 7. The van der Waals surface area contributed by atoms with Crippen molar-refractivity contribution in [2.45, 2.75) is 94.1 Å². The van der Waals surface area contributed by atoms with Crippen molar-refractivity contribution < 1.29 is 76.2 Å². The Balaban J connectivity index is 0.000000137. The van der Waals surface area contributed by atoms with Crippen LogP contribution in [0.4, 0.5) is 0 Å². The second-order valence-electron chi connectivity index (χ2n) is 22.1. The van der Waals surface area contributed by atoms with Crippen LogP contribution in [0.1, 0.15) is 51.4 Å². The quantitative estimate of drug-likeness (QED) is 0.165. The fourth-order valence-electron chi connectivity index (χ4n) is 10.3. The summed E-state index contributed by atoms with van der Waals surface area (Å²) in [7, 11) is 0. The molecule has 0 saturated carbocycles. The van der Waals surface area contributed by atoms with Crippen molar-refractivity contribution in [2.75, 3.05) is 90.6 Å². The average molecular weight is 1300 g/mol. The molecule has 0 aromatic carbocycles. The van der Waals surface area contributed by atoms with E-state index in [1.165, 1.54) is 0 Å². The molecule has 7 atom stereocenters. The van der Waals surface area contributed by atoms with Crippen molar-refractivity contribution in [2.24, 2.45) is 0 Å². The van der Waals surface area contributed by atoms with E-state index in [0.717, 1.165) is 115 Å². The molecule has 0 spiro atoms. The van der Waals surface area contributed by atoms with Gasteiger partial charge in [-0.2, -0.15) is 0 Å². The minimum atomic E-state index is -0.576. The lowest BCUT2D eigenvalue weighted by Crippen LogP contribution is -2.44. The van der Waals surface area contributed by atoms with E-state index in [1.807, 2.05) is 23.8 Å². The Labute approximate surface area is 537 Å². The van der Waals surface area contributed by atoms with Gasteiger partial charge in [-0.1, -0.05) is 64.3 Å². The second kappa shape index (κ2) is 34.7. The fourth-order valence-corrected chi connectivity index (χ4v) is 12.3. The molecule has 7 amide bonds. The van der Waals surface area contributed by atoms with Gasteiger partial charge in [0, 0.05) is 94.3 Å². The third-order valence-corrected chi connectivity index (χ3v) is 16.7. The van der Waals surface area contributed by atoms with Crippen LogP contribution in [-0.4, -0.2) is 175 Å². The molecule has 13 aliphatic heterocycles. The van der Waals surface area contributed by atoms with E-state index in [1.54, 1.807) is 29.8 Å². The molecule has 9 N–H and O–H groups in total. The minimum absolute atomic E-state index is 0.0654. The summed E-state index contributed by atoms with van der Waals surface area (Å²) in [4.78, 5) is 81.0. The summed E-state index contributed by atoms with van der Waals surface area (Å²) in [6.45, 7) is 32.0. The Morgan fingerprint density at radius 1 is 0.418 bits per heavy atom. The highest BCUT2D eigenvalue weighted by atomic mass is 32.2. The summed E-state index contributed by atoms with van der Waals surface area (Å²) in [5.74, 6) is 1.97. The van der Waals surface area contributed by atoms with Gasteiger partial charge < -0.3 is 90.5 Å². The summed E-state index contributed by atoms with van der Waals surface area (Å²) in [5, 5.41) is 26.9. The normalized spacial score (nSPS) is 28.4. The fraction of sp³-hybridized carbons (Fsp3) is 0.453. The smallest absolute Gasteiger partial charge is 0.261 e. The number of morpholine rings is 7. The van der Waals surface area contributed by atoms with Gasteiger partial charge in [0.15, 0.2) is 42.7 Å². The van der Waals surface area contributed by atoms with Gasteiger partial charge in [-0.3, -0.25) is 33.6 Å². The van der Waals surface area contributed by atoms with Crippen molar-refractivity contribution in [1.29, 1.82) is 0 Å². The predicted molar refractivity (Wildman–Crippen MR) is 340 cm³/mol. The predicted octanol–water partition coefficient (Wildman–Crippen LogP) is 3.27. The van der Waals surface area contributed by atoms with Crippen LogP contribution in [0.2, 0.25) is 0 Å². The van der Waals surface area contributed by atoms with E-state index < -0.39 is 30.5 Å². The zero-order chi connectivity index (χ0) is 64.8. The van der Waals surface area contributed by atoms with Crippen molar-refractivity contribution in [3.63, 3.8) is 0 Å². The molecule has 1 aliphatic carbocycles. The van der Waals surface area contributed by atoms with Crippen LogP contribution in [0.15, 0.2) is 167 Å². The molecule has 91 heavy (non-hydrogen) atoms. The molecule has 7 unspecified atom stereocenters. The molecule has 0 bridgehead atoms. The number of rotatable bonds is 7. The van der Waals surface area contributed by atoms with E-state index in [4.69, 9.17) is 42.6 Å². The van der Waals surface area contributed by atoms with Crippen LogP contribution in [0.25, 0.3) is 0 Å². The maximum Gasteiger partial charge on any atom is 0.261 e. The van der Waals surface area contributed by atoms with Crippen LogP contribution in [-0.2, 0) is 76.2 Å².